The Hall–Kier alpha value is -3.08. The number of nitrogens with one attached hydrogen (secondary N) is 1. The van der Waals surface area contributed by atoms with Gasteiger partial charge in [-0.15, -0.1) is 0 Å². The summed E-state index contributed by atoms with van der Waals surface area (Å²) < 4.78 is 7.21. The monoisotopic (exact) mass is 335 g/mol. The molecule has 0 aliphatic rings. The van der Waals surface area contributed by atoms with Crippen LogP contribution in [0.1, 0.15) is 18.9 Å². The number of para-hydroxylation sites is 1. The molecule has 0 aliphatic carbocycles. The molecular weight excluding hydrogens is 314 g/mol. The quantitative estimate of drug-likeness (QED) is 0.714. The Bertz CT molecular complexity index is 810. The van der Waals surface area contributed by atoms with Crippen molar-refractivity contribution in [3.63, 3.8) is 0 Å². The van der Waals surface area contributed by atoms with Crippen LogP contribution in [0.25, 0.3) is 5.69 Å². The van der Waals surface area contributed by atoms with Crippen LogP contribution in [-0.4, -0.2) is 22.3 Å². The van der Waals surface area contributed by atoms with Gasteiger partial charge in [0.05, 0.1) is 18.5 Å². The second-order valence-corrected chi connectivity index (χ2v) is 5.63. The Morgan fingerprint density at radius 3 is 2.60 bits per heavy atom. The number of amides is 1. The number of aryl methyl sites for hydroxylation is 1. The first-order valence-electron chi connectivity index (χ1n) is 8.36. The molecule has 2 aromatic carbocycles. The van der Waals surface area contributed by atoms with Crippen LogP contribution in [0.5, 0.6) is 5.75 Å². The molecule has 25 heavy (non-hydrogen) atoms. The molecule has 1 amide bonds. The minimum Gasteiger partial charge on any atom is -0.494 e. The van der Waals surface area contributed by atoms with Crippen LogP contribution in [0.4, 0.5) is 5.69 Å². The maximum atomic E-state index is 12.1. The third kappa shape index (κ3) is 4.70. The van der Waals surface area contributed by atoms with Crippen LogP contribution in [-0.2, 0) is 11.2 Å². The Kier molecular flexibility index (Phi) is 5.46. The second-order valence-electron chi connectivity index (χ2n) is 5.63. The van der Waals surface area contributed by atoms with E-state index in [1.807, 2.05) is 72.4 Å². The minimum absolute atomic E-state index is 0.0170. The van der Waals surface area contributed by atoms with E-state index in [2.05, 4.69) is 10.4 Å². The molecule has 5 heteroatoms. The predicted octanol–water partition coefficient (Wildman–Crippen LogP) is 3.84. The van der Waals surface area contributed by atoms with Crippen molar-refractivity contribution in [2.24, 2.45) is 0 Å². The molecule has 128 valence electrons. The maximum absolute atomic E-state index is 12.1. The average Bonchev–Trinajstić information content (AvgIpc) is 3.12. The SMILES string of the molecule is CCOc1ccc(NC(=O)CCc2cnn(-c3ccccc3)c2)cc1. The summed E-state index contributed by atoms with van der Waals surface area (Å²) in [6, 6.07) is 17.3. The highest BCUT2D eigenvalue weighted by molar-refractivity contribution is 5.90. The predicted molar refractivity (Wildman–Crippen MR) is 98.1 cm³/mol. The van der Waals surface area contributed by atoms with Crippen LogP contribution in [0, 0.1) is 0 Å². The van der Waals surface area contributed by atoms with Gasteiger partial charge in [0, 0.05) is 18.3 Å². The van der Waals surface area contributed by atoms with E-state index in [4.69, 9.17) is 4.74 Å². The van der Waals surface area contributed by atoms with E-state index in [-0.39, 0.29) is 5.91 Å². The molecule has 0 atom stereocenters. The van der Waals surface area contributed by atoms with Gasteiger partial charge in [-0.25, -0.2) is 4.68 Å². The molecule has 0 spiro atoms. The highest BCUT2D eigenvalue weighted by atomic mass is 16.5. The summed E-state index contributed by atoms with van der Waals surface area (Å²) in [4.78, 5) is 12.1. The number of hydrogen-bond acceptors (Lipinski definition) is 3. The Balaban J connectivity index is 1.51. The molecule has 0 fully saturated rings. The standard InChI is InChI=1S/C20H21N3O2/c1-2-25-19-11-9-17(10-12-19)22-20(24)13-8-16-14-21-23(15-16)18-6-4-3-5-7-18/h3-7,9-12,14-15H,2,8,13H2,1H3,(H,22,24). The normalized spacial score (nSPS) is 10.4. The molecule has 0 unspecified atom stereocenters. The van der Waals surface area contributed by atoms with Gasteiger partial charge in [-0.3, -0.25) is 4.79 Å². The summed E-state index contributed by atoms with van der Waals surface area (Å²) >= 11 is 0. The zero-order valence-electron chi connectivity index (χ0n) is 14.2. The van der Waals surface area contributed by atoms with E-state index in [1.165, 1.54) is 0 Å². The number of rotatable bonds is 7. The number of nitrogens with zero attached hydrogens (tertiary/aromatic N) is 2. The summed E-state index contributed by atoms with van der Waals surface area (Å²) in [7, 11) is 0. The van der Waals surface area contributed by atoms with Gasteiger partial charge in [0.2, 0.25) is 5.91 Å². The first-order chi connectivity index (χ1) is 12.2. The lowest BCUT2D eigenvalue weighted by Gasteiger charge is -2.06. The smallest absolute Gasteiger partial charge is 0.224 e. The second kappa shape index (κ2) is 8.15. The third-order valence-corrected chi connectivity index (χ3v) is 3.75. The summed E-state index contributed by atoms with van der Waals surface area (Å²) in [6.07, 6.45) is 4.82. The topological polar surface area (TPSA) is 56.1 Å². The van der Waals surface area contributed by atoms with Crippen LogP contribution in [0.15, 0.2) is 67.0 Å². The van der Waals surface area contributed by atoms with E-state index in [0.29, 0.717) is 19.4 Å². The van der Waals surface area contributed by atoms with Crippen molar-refractivity contribution in [3.8, 4) is 11.4 Å². The highest BCUT2D eigenvalue weighted by Gasteiger charge is 2.06. The summed E-state index contributed by atoms with van der Waals surface area (Å²) in [5, 5.41) is 7.24. The van der Waals surface area contributed by atoms with Gasteiger partial charge in [0.15, 0.2) is 0 Å². The van der Waals surface area contributed by atoms with Gasteiger partial charge >= 0.3 is 0 Å². The number of hydrogen-bond donors (Lipinski definition) is 1. The average molecular weight is 335 g/mol. The molecule has 0 saturated carbocycles. The van der Waals surface area contributed by atoms with Crippen molar-refractivity contribution in [3.05, 3.63) is 72.6 Å². The fourth-order valence-corrected chi connectivity index (χ4v) is 2.49. The highest BCUT2D eigenvalue weighted by Crippen LogP contribution is 2.16. The Morgan fingerprint density at radius 2 is 1.88 bits per heavy atom. The summed E-state index contributed by atoms with van der Waals surface area (Å²) in [6.45, 7) is 2.57. The molecule has 0 saturated heterocycles. The van der Waals surface area contributed by atoms with Crippen LogP contribution in [0.3, 0.4) is 0 Å². The summed E-state index contributed by atoms with van der Waals surface area (Å²) in [5.74, 6) is 0.783. The zero-order valence-corrected chi connectivity index (χ0v) is 14.2. The number of anilines is 1. The van der Waals surface area contributed by atoms with Crippen LogP contribution >= 0.6 is 0 Å². The molecule has 0 radical (unpaired) electrons. The van der Waals surface area contributed by atoms with Crippen molar-refractivity contribution < 1.29 is 9.53 Å². The molecule has 3 rings (SSSR count). The van der Waals surface area contributed by atoms with Gasteiger partial charge in [-0.1, -0.05) is 18.2 Å². The van der Waals surface area contributed by atoms with Crippen molar-refractivity contribution in [1.82, 2.24) is 9.78 Å². The zero-order chi connectivity index (χ0) is 17.5. The van der Waals surface area contributed by atoms with Gasteiger partial charge in [0.1, 0.15) is 5.75 Å². The van der Waals surface area contributed by atoms with Crippen LogP contribution in [0.2, 0.25) is 0 Å². The lowest BCUT2D eigenvalue weighted by molar-refractivity contribution is -0.116. The first-order valence-corrected chi connectivity index (χ1v) is 8.36. The number of aromatic nitrogens is 2. The van der Waals surface area contributed by atoms with E-state index in [1.54, 1.807) is 6.20 Å². The Labute approximate surface area is 147 Å². The van der Waals surface area contributed by atoms with E-state index >= 15 is 0 Å². The molecule has 1 heterocycles. The largest absolute Gasteiger partial charge is 0.494 e. The van der Waals surface area contributed by atoms with Gasteiger partial charge in [-0.2, -0.15) is 5.10 Å². The van der Waals surface area contributed by atoms with Crippen molar-refractivity contribution in [2.45, 2.75) is 19.8 Å². The molecule has 0 bridgehead atoms. The van der Waals surface area contributed by atoms with Gasteiger partial charge in [0.25, 0.3) is 0 Å². The van der Waals surface area contributed by atoms with Gasteiger partial charge < -0.3 is 10.1 Å². The summed E-state index contributed by atoms with van der Waals surface area (Å²) in [5.41, 5.74) is 2.81. The fraction of sp³-hybridized carbons (Fsp3) is 0.200. The van der Waals surface area contributed by atoms with Crippen molar-refractivity contribution >= 4 is 11.6 Å². The van der Waals surface area contributed by atoms with E-state index < -0.39 is 0 Å². The van der Waals surface area contributed by atoms with Crippen LogP contribution < -0.4 is 10.1 Å². The number of carbonyl (C=O) groups is 1. The number of carbonyl (C=O) groups excluding carboxylic acids is 1. The number of ether oxygens (including phenoxy) is 1. The lowest BCUT2D eigenvalue weighted by Crippen LogP contribution is -2.12. The van der Waals surface area contributed by atoms with Crippen molar-refractivity contribution in [2.75, 3.05) is 11.9 Å². The van der Waals surface area contributed by atoms with Gasteiger partial charge in [-0.05, 0) is 55.3 Å². The maximum Gasteiger partial charge on any atom is 0.224 e. The molecule has 1 N–H and O–H groups in total. The molecule has 0 aliphatic heterocycles. The first kappa shape index (κ1) is 16.8. The third-order valence-electron chi connectivity index (χ3n) is 3.75. The van der Waals surface area contributed by atoms with Crippen molar-refractivity contribution in [1.29, 1.82) is 0 Å². The Morgan fingerprint density at radius 1 is 1.12 bits per heavy atom. The molecular formula is C20H21N3O2. The van der Waals surface area contributed by atoms with E-state index in [0.717, 1.165) is 22.7 Å². The lowest BCUT2D eigenvalue weighted by atomic mass is 10.2. The van der Waals surface area contributed by atoms with E-state index in [9.17, 15) is 4.79 Å². The molecule has 1 aromatic heterocycles. The number of benzene rings is 2. The molecule has 5 nitrogen and oxygen atoms in total. The minimum atomic E-state index is -0.0170. The fourth-order valence-electron chi connectivity index (χ4n) is 2.49. The molecule has 3 aromatic rings.